The SMILES string of the molecule is c1ccc(-n2c3ccccc3c3c4ccccc4c4c5ccccc5n(-c5cc(-c6ccc7ccccc7c6)c6ccccc6c5)c4c32)cc1. The van der Waals surface area contributed by atoms with Gasteiger partial charge in [-0.25, -0.2) is 0 Å². The van der Waals surface area contributed by atoms with E-state index >= 15 is 0 Å². The second-order valence-corrected chi connectivity index (χ2v) is 13.3. The van der Waals surface area contributed by atoms with Gasteiger partial charge in [-0.3, -0.25) is 0 Å². The van der Waals surface area contributed by atoms with Crippen LogP contribution in [0.25, 0.3) is 98.4 Å². The van der Waals surface area contributed by atoms with Crippen molar-refractivity contribution < 1.29 is 0 Å². The Balaban J connectivity index is 1.37. The Morgan fingerprint density at radius 2 is 0.800 bits per heavy atom. The average molecular weight is 635 g/mol. The molecule has 0 saturated carbocycles. The molecule has 0 aliphatic carbocycles. The van der Waals surface area contributed by atoms with E-state index in [1.807, 2.05) is 0 Å². The molecule has 0 N–H and O–H groups in total. The molecule has 0 unspecified atom stereocenters. The Morgan fingerprint density at radius 3 is 1.46 bits per heavy atom. The molecule has 2 heteroatoms. The summed E-state index contributed by atoms with van der Waals surface area (Å²) in [5.74, 6) is 0. The highest BCUT2D eigenvalue weighted by molar-refractivity contribution is 6.36. The topological polar surface area (TPSA) is 9.86 Å². The molecular formula is C48H30N2. The molecule has 2 heterocycles. The fourth-order valence-electron chi connectivity index (χ4n) is 8.53. The van der Waals surface area contributed by atoms with Gasteiger partial charge >= 0.3 is 0 Å². The maximum Gasteiger partial charge on any atom is 0.0795 e. The van der Waals surface area contributed by atoms with Gasteiger partial charge in [0.2, 0.25) is 0 Å². The first-order chi connectivity index (χ1) is 24.8. The van der Waals surface area contributed by atoms with E-state index in [9.17, 15) is 0 Å². The second kappa shape index (κ2) is 10.4. The van der Waals surface area contributed by atoms with Crippen LogP contribution < -0.4 is 0 Å². The van der Waals surface area contributed by atoms with Gasteiger partial charge in [0.15, 0.2) is 0 Å². The third kappa shape index (κ3) is 3.79. The maximum absolute atomic E-state index is 2.54. The number of nitrogens with zero attached hydrogens (tertiary/aromatic N) is 2. The largest absolute Gasteiger partial charge is 0.307 e. The van der Waals surface area contributed by atoms with Gasteiger partial charge in [0.1, 0.15) is 0 Å². The molecule has 0 aliphatic rings. The summed E-state index contributed by atoms with van der Waals surface area (Å²) in [7, 11) is 0. The minimum atomic E-state index is 1.15. The Morgan fingerprint density at radius 1 is 0.300 bits per heavy atom. The molecule has 0 spiro atoms. The van der Waals surface area contributed by atoms with Gasteiger partial charge in [0.05, 0.1) is 22.1 Å². The fourth-order valence-corrected chi connectivity index (χ4v) is 8.53. The summed E-state index contributed by atoms with van der Waals surface area (Å²) in [4.78, 5) is 0. The van der Waals surface area contributed by atoms with Crippen LogP contribution in [-0.4, -0.2) is 9.13 Å². The van der Waals surface area contributed by atoms with Crippen molar-refractivity contribution in [3.63, 3.8) is 0 Å². The number of rotatable bonds is 3. The van der Waals surface area contributed by atoms with Crippen molar-refractivity contribution in [1.82, 2.24) is 9.13 Å². The first-order valence-corrected chi connectivity index (χ1v) is 17.3. The molecule has 0 saturated heterocycles. The van der Waals surface area contributed by atoms with Crippen molar-refractivity contribution in [2.45, 2.75) is 0 Å². The minimum absolute atomic E-state index is 1.15. The number of benzene rings is 9. The van der Waals surface area contributed by atoms with E-state index in [2.05, 4.69) is 191 Å². The number of aromatic nitrogens is 2. The molecule has 232 valence electrons. The third-order valence-electron chi connectivity index (χ3n) is 10.6. The predicted molar refractivity (Wildman–Crippen MR) is 213 cm³/mol. The molecule has 0 atom stereocenters. The highest BCUT2D eigenvalue weighted by Gasteiger charge is 2.24. The molecule has 0 aliphatic heterocycles. The van der Waals surface area contributed by atoms with Gasteiger partial charge in [-0.15, -0.1) is 0 Å². The van der Waals surface area contributed by atoms with Gasteiger partial charge in [0.25, 0.3) is 0 Å². The summed E-state index contributed by atoms with van der Waals surface area (Å²) < 4.78 is 5.02. The van der Waals surface area contributed by atoms with Crippen molar-refractivity contribution in [2.75, 3.05) is 0 Å². The van der Waals surface area contributed by atoms with Gasteiger partial charge in [-0.05, 0) is 85.9 Å². The van der Waals surface area contributed by atoms with Crippen molar-refractivity contribution in [3.8, 4) is 22.5 Å². The molecule has 9 aromatic carbocycles. The highest BCUT2D eigenvalue weighted by atomic mass is 15.0. The normalized spacial score (nSPS) is 12.0. The Bertz CT molecular complexity index is 3140. The van der Waals surface area contributed by atoms with E-state index in [-0.39, 0.29) is 0 Å². The van der Waals surface area contributed by atoms with Gasteiger partial charge in [-0.1, -0.05) is 140 Å². The van der Waals surface area contributed by atoms with Gasteiger partial charge in [-0.2, -0.15) is 0 Å². The molecule has 2 nitrogen and oxygen atoms in total. The van der Waals surface area contributed by atoms with Gasteiger partial charge < -0.3 is 9.13 Å². The summed E-state index contributed by atoms with van der Waals surface area (Å²) in [6.07, 6.45) is 0. The summed E-state index contributed by atoms with van der Waals surface area (Å²) in [5.41, 5.74) is 9.61. The molecule has 11 rings (SSSR count). The first-order valence-electron chi connectivity index (χ1n) is 17.3. The van der Waals surface area contributed by atoms with E-state index in [0.717, 1.165) is 11.4 Å². The van der Waals surface area contributed by atoms with E-state index in [1.165, 1.54) is 87.1 Å². The molecule has 0 radical (unpaired) electrons. The number of hydrogen-bond acceptors (Lipinski definition) is 0. The molecule has 0 bridgehead atoms. The van der Waals surface area contributed by atoms with Crippen LogP contribution in [0.4, 0.5) is 0 Å². The predicted octanol–water partition coefficient (Wildman–Crippen LogP) is 13.0. The van der Waals surface area contributed by atoms with Crippen LogP contribution in [0, 0.1) is 0 Å². The number of fused-ring (bicyclic) bond motifs is 12. The first kappa shape index (κ1) is 27.3. The molecule has 11 aromatic rings. The second-order valence-electron chi connectivity index (χ2n) is 13.3. The standard InChI is InChI=1S/C48H30N2/c1-2-17-35(18-3-1)49-43-24-12-10-22-40(43)45-38-20-8-9-21-39(38)46-41-23-11-13-25-44(41)50(48(46)47(45)49)36-29-33-16-6-7-19-37(33)42(30-36)34-27-26-31-14-4-5-15-32(31)28-34/h1-30H. The zero-order chi connectivity index (χ0) is 32.8. The summed E-state index contributed by atoms with van der Waals surface area (Å²) >= 11 is 0. The van der Waals surface area contributed by atoms with Crippen molar-refractivity contribution in [1.29, 1.82) is 0 Å². The van der Waals surface area contributed by atoms with Crippen LogP contribution in [0.5, 0.6) is 0 Å². The lowest BCUT2D eigenvalue weighted by atomic mass is 9.95. The molecule has 0 amide bonds. The van der Waals surface area contributed by atoms with E-state index in [1.54, 1.807) is 0 Å². The van der Waals surface area contributed by atoms with Crippen LogP contribution in [-0.2, 0) is 0 Å². The van der Waals surface area contributed by atoms with Crippen molar-refractivity contribution >= 4 is 75.9 Å². The smallest absolute Gasteiger partial charge is 0.0795 e. The number of hydrogen-bond donors (Lipinski definition) is 0. The summed E-state index contributed by atoms with van der Waals surface area (Å²) in [6, 6.07) is 66.8. The third-order valence-corrected chi connectivity index (χ3v) is 10.6. The maximum atomic E-state index is 2.54. The van der Waals surface area contributed by atoms with Gasteiger partial charge in [0, 0.05) is 32.9 Å². The lowest BCUT2D eigenvalue weighted by Crippen LogP contribution is -1.99. The van der Waals surface area contributed by atoms with E-state index in [4.69, 9.17) is 0 Å². The zero-order valence-electron chi connectivity index (χ0n) is 27.2. The summed E-state index contributed by atoms with van der Waals surface area (Å²) in [6.45, 7) is 0. The zero-order valence-corrected chi connectivity index (χ0v) is 27.2. The van der Waals surface area contributed by atoms with Crippen molar-refractivity contribution in [3.05, 3.63) is 182 Å². The highest BCUT2D eigenvalue weighted by Crippen LogP contribution is 2.47. The quantitative estimate of drug-likeness (QED) is 0.183. The van der Waals surface area contributed by atoms with Crippen LogP contribution in [0.2, 0.25) is 0 Å². The minimum Gasteiger partial charge on any atom is -0.307 e. The van der Waals surface area contributed by atoms with Crippen LogP contribution in [0.1, 0.15) is 0 Å². The fraction of sp³-hybridized carbons (Fsp3) is 0. The van der Waals surface area contributed by atoms with Crippen LogP contribution in [0.3, 0.4) is 0 Å². The molecule has 50 heavy (non-hydrogen) atoms. The average Bonchev–Trinajstić information content (AvgIpc) is 3.72. The molecular weight excluding hydrogens is 605 g/mol. The summed E-state index contributed by atoms with van der Waals surface area (Å²) in [5, 5.41) is 12.6. The monoisotopic (exact) mass is 634 g/mol. The van der Waals surface area contributed by atoms with Crippen LogP contribution in [0.15, 0.2) is 182 Å². The van der Waals surface area contributed by atoms with Crippen LogP contribution >= 0.6 is 0 Å². The van der Waals surface area contributed by atoms with E-state index in [0.29, 0.717) is 0 Å². The molecule has 2 aromatic heterocycles. The number of para-hydroxylation sites is 3. The lowest BCUT2D eigenvalue weighted by Gasteiger charge is -2.16. The lowest BCUT2D eigenvalue weighted by molar-refractivity contribution is 1.15. The Labute approximate surface area is 288 Å². The van der Waals surface area contributed by atoms with E-state index < -0.39 is 0 Å². The Hall–Kier alpha value is -6.64. The van der Waals surface area contributed by atoms with Crippen molar-refractivity contribution in [2.24, 2.45) is 0 Å². The Kier molecular flexibility index (Phi) is 5.70. The molecule has 0 fully saturated rings.